The third-order valence-corrected chi connectivity index (χ3v) is 6.39. The number of nitrogens with one attached hydrogen (secondary N) is 2. The summed E-state index contributed by atoms with van der Waals surface area (Å²) in [5.41, 5.74) is -1.82. The fourth-order valence-electron chi connectivity index (χ4n) is 4.80. The zero-order valence-electron chi connectivity index (χ0n) is 18.9. The van der Waals surface area contributed by atoms with E-state index in [-0.39, 0.29) is 23.2 Å². The van der Waals surface area contributed by atoms with Crippen molar-refractivity contribution in [1.29, 1.82) is 0 Å². The van der Waals surface area contributed by atoms with Crippen molar-refractivity contribution in [1.82, 2.24) is 4.98 Å². The SMILES string of the molecule is CCCC1CCC(C)N1c1ccc(NC(=O)c2c[nH]c3cccc(O)c3c2=O)c(C(F)(F)F)c1. The average Bonchev–Trinajstić information content (AvgIpc) is 3.14. The molecular weight excluding hydrogens is 447 g/mol. The number of aromatic hydroxyl groups is 1. The summed E-state index contributed by atoms with van der Waals surface area (Å²) in [6, 6.07) is 8.53. The molecule has 4 rings (SSSR count). The number of carbonyl (C=O) groups excluding carboxylic acids is 1. The Balaban J connectivity index is 1.70. The lowest BCUT2D eigenvalue weighted by Gasteiger charge is -2.31. The number of aromatic amines is 1. The quantitative estimate of drug-likeness (QED) is 0.446. The molecule has 1 fully saturated rings. The first-order valence-electron chi connectivity index (χ1n) is 11.3. The predicted octanol–water partition coefficient (Wildman–Crippen LogP) is 5.66. The van der Waals surface area contributed by atoms with Crippen LogP contribution in [0.2, 0.25) is 0 Å². The van der Waals surface area contributed by atoms with Crippen LogP contribution in [0, 0.1) is 0 Å². The summed E-state index contributed by atoms with van der Waals surface area (Å²) >= 11 is 0. The highest BCUT2D eigenvalue weighted by Gasteiger charge is 2.37. The Morgan fingerprint density at radius 1 is 1.24 bits per heavy atom. The molecule has 2 atom stereocenters. The predicted molar refractivity (Wildman–Crippen MR) is 126 cm³/mol. The van der Waals surface area contributed by atoms with Crippen LogP contribution in [-0.4, -0.2) is 28.1 Å². The molecule has 2 heterocycles. The maximum atomic E-state index is 14.0. The van der Waals surface area contributed by atoms with Crippen LogP contribution in [0.15, 0.2) is 47.4 Å². The topological polar surface area (TPSA) is 85.4 Å². The molecule has 34 heavy (non-hydrogen) atoms. The number of carbonyl (C=O) groups is 1. The molecule has 3 aromatic rings. The molecule has 1 saturated heterocycles. The van der Waals surface area contributed by atoms with Crippen molar-refractivity contribution in [3.8, 4) is 5.75 Å². The van der Waals surface area contributed by atoms with Crippen molar-refractivity contribution in [2.45, 2.75) is 57.8 Å². The highest BCUT2D eigenvalue weighted by molar-refractivity contribution is 6.06. The molecule has 0 radical (unpaired) electrons. The van der Waals surface area contributed by atoms with Gasteiger partial charge in [0.25, 0.3) is 5.91 Å². The van der Waals surface area contributed by atoms with Crippen molar-refractivity contribution in [2.75, 3.05) is 10.2 Å². The molecule has 2 unspecified atom stereocenters. The normalized spacial score (nSPS) is 18.4. The lowest BCUT2D eigenvalue weighted by molar-refractivity contribution is -0.136. The second-order valence-electron chi connectivity index (χ2n) is 8.69. The van der Waals surface area contributed by atoms with Crippen LogP contribution in [0.25, 0.3) is 10.9 Å². The van der Waals surface area contributed by atoms with E-state index >= 15 is 0 Å². The van der Waals surface area contributed by atoms with E-state index in [1.165, 1.54) is 18.2 Å². The monoisotopic (exact) mass is 473 g/mol. The van der Waals surface area contributed by atoms with Crippen LogP contribution in [-0.2, 0) is 6.18 Å². The molecule has 9 heteroatoms. The Kier molecular flexibility index (Phi) is 6.29. The van der Waals surface area contributed by atoms with Gasteiger partial charge in [-0.15, -0.1) is 0 Å². The Bertz CT molecular complexity index is 1280. The first-order chi connectivity index (χ1) is 16.1. The van der Waals surface area contributed by atoms with E-state index in [1.54, 1.807) is 12.1 Å². The summed E-state index contributed by atoms with van der Waals surface area (Å²) in [5.74, 6) is -1.32. The van der Waals surface area contributed by atoms with Gasteiger partial charge in [0.2, 0.25) is 5.43 Å². The summed E-state index contributed by atoms with van der Waals surface area (Å²) in [7, 11) is 0. The fourth-order valence-corrected chi connectivity index (χ4v) is 4.80. The number of benzene rings is 2. The summed E-state index contributed by atoms with van der Waals surface area (Å²) in [4.78, 5) is 30.3. The van der Waals surface area contributed by atoms with Crippen molar-refractivity contribution in [3.63, 3.8) is 0 Å². The number of H-pyrrole nitrogens is 1. The van der Waals surface area contributed by atoms with Crippen molar-refractivity contribution >= 4 is 28.2 Å². The van der Waals surface area contributed by atoms with Crippen molar-refractivity contribution < 1.29 is 23.1 Å². The van der Waals surface area contributed by atoms with Crippen molar-refractivity contribution in [3.05, 3.63) is 63.9 Å². The van der Waals surface area contributed by atoms with E-state index in [0.717, 1.165) is 37.9 Å². The van der Waals surface area contributed by atoms with E-state index in [9.17, 15) is 27.9 Å². The van der Waals surface area contributed by atoms with Crippen LogP contribution in [0.5, 0.6) is 5.75 Å². The number of pyridine rings is 1. The second-order valence-corrected chi connectivity index (χ2v) is 8.69. The number of phenols is 1. The Morgan fingerprint density at radius 2 is 2.00 bits per heavy atom. The van der Waals surface area contributed by atoms with Crippen LogP contribution in [0.4, 0.5) is 24.5 Å². The minimum Gasteiger partial charge on any atom is -0.507 e. The number of rotatable bonds is 5. The number of nitrogens with zero attached hydrogens (tertiary/aromatic N) is 1. The Labute approximate surface area is 194 Å². The lowest BCUT2D eigenvalue weighted by Crippen LogP contribution is -2.34. The fraction of sp³-hybridized carbons (Fsp3) is 0.360. The Morgan fingerprint density at radius 3 is 2.71 bits per heavy atom. The van der Waals surface area contributed by atoms with Crippen LogP contribution >= 0.6 is 0 Å². The summed E-state index contributed by atoms with van der Waals surface area (Å²) in [6.07, 6.45) is 0.0680. The average molecular weight is 473 g/mol. The standard InChI is InChI=1S/C25H26F3N3O3/c1-3-5-15-9-8-14(2)31(15)16-10-11-19(18(12-16)25(26,27)28)30-24(34)17-13-29-20-6-4-7-21(32)22(20)23(17)33/h4,6-7,10-15,32H,3,5,8-9H2,1-2H3,(H,29,33)(H,30,34). The third-order valence-electron chi connectivity index (χ3n) is 6.39. The maximum absolute atomic E-state index is 14.0. The van der Waals surface area contributed by atoms with Gasteiger partial charge in [-0.2, -0.15) is 13.2 Å². The number of anilines is 2. The molecule has 1 aliphatic rings. The van der Waals surface area contributed by atoms with Gasteiger partial charge >= 0.3 is 6.18 Å². The van der Waals surface area contributed by atoms with Gasteiger partial charge in [0.1, 0.15) is 11.3 Å². The molecule has 6 nitrogen and oxygen atoms in total. The largest absolute Gasteiger partial charge is 0.507 e. The van der Waals surface area contributed by atoms with E-state index < -0.39 is 34.3 Å². The van der Waals surface area contributed by atoms with Crippen LogP contribution < -0.4 is 15.6 Å². The van der Waals surface area contributed by atoms with E-state index in [0.29, 0.717) is 11.2 Å². The molecule has 0 saturated carbocycles. The summed E-state index contributed by atoms with van der Waals surface area (Å²) in [6.45, 7) is 4.05. The van der Waals surface area contributed by atoms with Gasteiger partial charge in [-0.3, -0.25) is 9.59 Å². The molecule has 2 aromatic carbocycles. The molecule has 0 aliphatic carbocycles. The third kappa shape index (κ3) is 4.34. The number of fused-ring (bicyclic) bond motifs is 1. The van der Waals surface area contributed by atoms with E-state index in [2.05, 4.69) is 17.2 Å². The Hall–Kier alpha value is -3.49. The number of hydrogen-bond acceptors (Lipinski definition) is 4. The van der Waals surface area contributed by atoms with Crippen LogP contribution in [0.3, 0.4) is 0 Å². The number of amides is 1. The molecule has 0 spiro atoms. The zero-order valence-corrected chi connectivity index (χ0v) is 18.9. The van der Waals surface area contributed by atoms with E-state index in [4.69, 9.17) is 0 Å². The van der Waals surface area contributed by atoms with Crippen LogP contribution in [0.1, 0.15) is 55.5 Å². The minimum absolute atomic E-state index is 0.105. The number of halogens is 3. The molecule has 1 amide bonds. The summed E-state index contributed by atoms with van der Waals surface area (Å²) in [5, 5.41) is 12.1. The van der Waals surface area contributed by atoms with E-state index in [1.807, 2.05) is 11.8 Å². The highest BCUT2D eigenvalue weighted by atomic mass is 19.4. The number of hydrogen-bond donors (Lipinski definition) is 3. The maximum Gasteiger partial charge on any atom is 0.418 e. The van der Waals surface area contributed by atoms with Gasteiger partial charge < -0.3 is 20.3 Å². The number of phenolic OH excluding ortho intramolecular Hbond substituents is 1. The van der Waals surface area contributed by atoms with Gasteiger partial charge in [-0.05, 0) is 56.5 Å². The summed E-state index contributed by atoms with van der Waals surface area (Å²) < 4.78 is 41.9. The first-order valence-corrected chi connectivity index (χ1v) is 11.3. The number of aromatic nitrogens is 1. The molecule has 0 bridgehead atoms. The van der Waals surface area contributed by atoms with Gasteiger partial charge in [-0.1, -0.05) is 19.4 Å². The number of alkyl halides is 3. The highest BCUT2D eigenvalue weighted by Crippen LogP contribution is 2.40. The molecule has 180 valence electrons. The minimum atomic E-state index is -4.71. The molecule has 1 aromatic heterocycles. The molecular formula is C25H26F3N3O3. The lowest BCUT2D eigenvalue weighted by atomic mass is 10.1. The molecule has 3 N–H and O–H groups in total. The van der Waals surface area contributed by atoms with Gasteiger partial charge in [-0.25, -0.2) is 0 Å². The smallest absolute Gasteiger partial charge is 0.418 e. The zero-order chi connectivity index (χ0) is 24.6. The van der Waals surface area contributed by atoms with Gasteiger partial charge in [0, 0.05) is 24.0 Å². The van der Waals surface area contributed by atoms with Crippen molar-refractivity contribution in [2.24, 2.45) is 0 Å². The second kappa shape index (κ2) is 9.04. The molecule has 1 aliphatic heterocycles. The van der Waals surface area contributed by atoms with Gasteiger partial charge in [0.15, 0.2) is 0 Å². The first kappa shape index (κ1) is 23.7. The van der Waals surface area contributed by atoms with Gasteiger partial charge in [0.05, 0.1) is 22.2 Å².